The van der Waals surface area contributed by atoms with Crippen LogP contribution in [-0.2, 0) is 0 Å². The van der Waals surface area contributed by atoms with E-state index in [1.807, 2.05) is 0 Å². The van der Waals surface area contributed by atoms with Gasteiger partial charge in [0, 0.05) is 14.1 Å². The van der Waals surface area contributed by atoms with Crippen LogP contribution in [0.3, 0.4) is 0 Å². The van der Waals surface area contributed by atoms with Crippen molar-refractivity contribution in [1.29, 1.82) is 0 Å². The van der Waals surface area contributed by atoms with Gasteiger partial charge in [0.15, 0.2) is 0 Å². The summed E-state index contributed by atoms with van der Waals surface area (Å²) in [6.07, 6.45) is 2.40. The minimum Gasteiger partial charge on any atom is -0.275 e. The molecular formula is C18H24NP. The Morgan fingerprint density at radius 2 is 1.20 bits per heavy atom. The van der Waals surface area contributed by atoms with E-state index in [0.717, 1.165) is 0 Å². The lowest BCUT2D eigenvalue weighted by Crippen LogP contribution is -2.33. The molecule has 0 amide bonds. The number of benzene rings is 2. The lowest BCUT2D eigenvalue weighted by Gasteiger charge is -2.34. The number of hydrogen-bond donors (Lipinski definition) is 0. The number of hydrogen-bond acceptors (Lipinski definition) is 1. The van der Waals surface area contributed by atoms with Crippen molar-refractivity contribution >= 4 is 18.7 Å². The highest BCUT2D eigenvalue weighted by Crippen LogP contribution is 2.39. The molecule has 2 aromatic rings. The predicted molar refractivity (Wildman–Crippen MR) is 91.2 cm³/mol. The molecule has 2 aromatic carbocycles. The summed E-state index contributed by atoms with van der Waals surface area (Å²) in [4.78, 5) is 0. The molecule has 0 aromatic heterocycles. The molecule has 0 saturated heterocycles. The van der Waals surface area contributed by atoms with Crippen molar-refractivity contribution in [2.45, 2.75) is 32.7 Å². The Morgan fingerprint density at radius 3 is 1.55 bits per heavy atom. The SMILES string of the molecule is CCC(CC)N(C)P(c1ccccc1)c1ccccc1. The second kappa shape index (κ2) is 7.57. The van der Waals surface area contributed by atoms with E-state index in [1.165, 1.54) is 23.5 Å². The summed E-state index contributed by atoms with van der Waals surface area (Å²) in [7, 11) is 1.85. The molecule has 0 aliphatic carbocycles. The van der Waals surface area contributed by atoms with Crippen molar-refractivity contribution in [3.8, 4) is 0 Å². The summed E-state index contributed by atoms with van der Waals surface area (Å²) in [6.45, 7) is 4.57. The zero-order valence-corrected chi connectivity index (χ0v) is 13.6. The average molecular weight is 285 g/mol. The first kappa shape index (κ1) is 15.2. The summed E-state index contributed by atoms with van der Waals surface area (Å²) in [5, 5.41) is 2.87. The van der Waals surface area contributed by atoms with Crippen LogP contribution in [0.15, 0.2) is 60.7 Å². The smallest absolute Gasteiger partial charge is 0.0281 e. The van der Waals surface area contributed by atoms with E-state index in [4.69, 9.17) is 0 Å². The highest BCUT2D eigenvalue weighted by atomic mass is 31.1. The Labute approximate surface area is 124 Å². The summed E-state index contributed by atoms with van der Waals surface area (Å²) < 4.78 is 2.58. The normalized spacial score (nSPS) is 11.5. The third kappa shape index (κ3) is 3.48. The van der Waals surface area contributed by atoms with Gasteiger partial charge in [-0.15, -0.1) is 0 Å². The molecule has 106 valence electrons. The van der Waals surface area contributed by atoms with E-state index in [9.17, 15) is 0 Å². The van der Waals surface area contributed by atoms with Crippen LogP contribution in [0, 0.1) is 0 Å². The molecule has 1 nitrogen and oxygen atoms in total. The molecule has 20 heavy (non-hydrogen) atoms. The van der Waals surface area contributed by atoms with Crippen LogP contribution in [0.5, 0.6) is 0 Å². The van der Waals surface area contributed by atoms with Crippen LogP contribution in [-0.4, -0.2) is 17.8 Å². The van der Waals surface area contributed by atoms with Crippen molar-refractivity contribution in [3.63, 3.8) is 0 Å². The first-order valence-electron chi connectivity index (χ1n) is 7.40. The monoisotopic (exact) mass is 285 g/mol. The summed E-state index contributed by atoms with van der Waals surface area (Å²) in [5.74, 6) is 0. The van der Waals surface area contributed by atoms with Crippen LogP contribution in [0.1, 0.15) is 26.7 Å². The molecular weight excluding hydrogens is 261 g/mol. The molecule has 0 fully saturated rings. The van der Waals surface area contributed by atoms with E-state index < -0.39 is 8.07 Å². The zero-order valence-electron chi connectivity index (χ0n) is 12.7. The third-order valence-electron chi connectivity index (χ3n) is 3.79. The van der Waals surface area contributed by atoms with E-state index in [0.29, 0.717) is 6.04 Å². The molecule has 2 rings (SSSR count). The lowest BCUT2D eigenvalue weighted by molar-refractivity contribution is 0.378. The number of nitrogens with zero attached hydrogens (tertiary/aromatic N) is 1. The summed E-state index contributed by atoms with van der Waals surface area (Å²) >= 11 is 0. The Balaban J connectivity index is 2.40. The fourth-order valence-corrected chi connectivity index (χ4v) is 5.22. The van der Waals surface area contributed by atoms with E-state index in [1.54, 1.807) is 0 Å². The summed E-state index contributed by atoms with van der Waals surface area (Å²) in [6, 6.07) is 22.5. The molecule has 0 radical (unpaired) electrons. The second-order valence-electron chi connectivity index (χ2n) is 5.03. The van der Waals surface area contributed by atoms with Gasteiger partial charge in [0.05, 0.1) is 0 Å². The molecule has 0 aliphatic rings. The Kier molecular flexibility index (Phi) is 5.76. The van der Waals surface area contributed by atoms with Gasteiger partial charge in [0.25, 0.3) is 0 Å². The molecule has 2 heteroatoms. The number of rotatable bonds is 6. The first-order valence-corrected chi connectivity index (χ1v) is 8.70. The lowest BCUT2D eigenvalue weighted by atomic mass is 10.2. The molecule has 0 spiro atoms. The summed E-state index contributed by atoms with van der Waals surface area (Å²) in [5.41, 5.74) is 0. The van der Waals surface area contributed by atoms with Gasteiger partial charge in [-0.1, -0.05) is 74.5 Å². The standard InChI is InChI=1S/C18H24NP/c1-4-16(5-2)19(3)20(17-12-8-6-9-13-17)18-14-10-7-11-15-18/h6-16H,4-5H2,1-3H3. The van der Waals surface area contributed by atoms with Crippen molar-refractivity contribution in [2.24, 2.45) is 0 Å². The van der Waals surface area contributed by atoms with Gasteiger partial charge in [0.2, 0.25) is 0 Å². The van der Waals surface area contributed by atoms with Gasteiger partial charge in [0.1, 0.15) is 0 Å². The highest BCUT2D eigenvalue weighted by Gasteiger charge is 2.23. The maximum atomic E-state index is 2.58. The Hall–Kier alpha value is -1.17. The van der Waals surface area contributed by atoms with Crippen LogP contribution in [0.2, 0.25) is 0 Å². The average Bonchev–Trinajstić information content (AvgIpc) is 2.51. The molecule has 0 aliphatic heterocycles. The highest BCUT2D eigenvalue weighted by molar-refractivity contribution is 7.70. The quantitative estimate of drug-likeness (QED) is 0.721. The minimum atomic E-state index is -0.430. The van der Waals surface area contributed by atoms with Crippen LogP contribution in [0.25, 0.3) is 0 Å². The van der Waals surface area contributed by atoms with Crippen molar-refractivity contribution in [3.05, 3.63) is 60.7 Å². The van der Waals surface area contributed by atoms with Gasteiger partial charge in [-0.2, -0.15) is 0 Å². The van der Waals surface area contributed by atoms with Crippen molar-refractivity contribution < 1.29 is 0 Å². The largest absolute Gasteiger partial charge is 0.275 e. The van der Waals surface area contributed by atoms with Crippen LogP contribution >= 0.6 is 8.07 Å². The first-order chi connectivity index (χ1) is 9.77. The molecule has 0 heterocycles. The fraction of sp³-hybridized carbons (Fsp3) is 0.333. The fourth-order valence-electron chi connectivity index (χ4n) is 2.63. The molecule has 0 unspecified atom stereocenters. The molecule has 0 saturated carbocycles. The zero-order chi connectivity index (χ0) is 14.4. The maximum Gasteiger partial charge on any atom is 0.0281 e. The van der Waals surface area contributed by atoms with Crippen LogP contribution < -0.4 is 10.6 Å². The molecule has 0 bridgehead atoms. The van der Waals surface area contributed by atoms with Gasteiger partial charge in [-0.25, -0.2) is 0 Å². The predicted octanol–water partition coefficient (Wildman–Crippen LogP) is 4.15. The van der Waals surface area contributed by atoms with Crippen LogP contribution in [0.4, 0.5) is 0 Å². The minimum absolute atomic E-state index is 0.430. The Morgan fingerprint density at radius 1 is 0.800 bits per heavy atom. The van der Waals surface area contributed by atoms with Crippen molar-refractivity contribution in [1.82, 2.24) is 4.67 Å². The Bertz CT molecular complexity index is 454. The topological polar surface area (TPSA) is 3.24 Å². The second-order valence-corrected chi connectivity index (χ2v) is 7.31. The third-order valence-corrected chi connectivity index (χ3v) is 6.32. The van der Waals surface area contributed by atoms with E-state index >= 15 is 0 Å². The van der Waals surface area contributed by atoms with Gasteiger partial charge in [-0.3, -0.25) is 4.67 Å². The van der Waals surface area contributed by atoms with Gasteiger partial charge >= 0.3 is 0 Å². The van der Waals surface area contributed by atoms with Gasteiger partial charge < -0.3 is 0 Å². The van der Waals surface area contributed by atoms with E-state index in [2.05, 4.69) is 86.2 Å². The van der Waals surface area contributed by atoms with E-state index in [-0.39, 0.29) is 0 Å². The molecule has 0 atom stereocenters. The molecule has 0 N–H and O–H groups in total. The van der Waals surface area contributed by atoms with Crippen molar-refractivity contribution in [2.75, 3.05) is 7.05 Å². The van der Waals surface area contributed by atoms with Gasteiger partial charge in [-0.05, 0) is 30.5 Å². The maximum absolute atomic E-state index is 2.58.